The van der Waals surface area contributed by atoms with E-state index in [0.717, 1.165) is 32.4 Å². The fraction of sp³-hybridized carbons (Fsp3) is 0.625. The van der Waals surface area contributed by atoms with Crippen LogP contribution in [0, 0.1) is 0 Å². The number of aromatic nitrogens is 1. The standard InChI is InChI=1S/C16H24BrN5O3S/c17-12-10-13(14(18)20-11-12)26(24,25)22-8-4-16(5-9-22,15(19)23)21-6-2-1-3-7-21/h10-11H,1-9H2,(H2,18,20)(H2,19,23). The van der Waals surface area contributed by atoms with Crippen molar-refractivity contribution in [2.75, 3.05) is 31.9 Å². The van der Waals surface area contributed by atoms with Crippen LogP contribution in [0.4, 0.5) is 5.82 Å². The fourth-order valence-electron chi connectivity index (χ4n) is 3.91. The van der Waals surface area contributed by atoms with E-state index in [-0.39, 0.29) is 29.7 Å². The molecule has 0 bridgehead atoms. The van der Waals surface area contributed by atoms with Gasteiger partial charge in [-0.1, -0.05) is 6.42 Å². The molecule has 10 heteroatoms. The molecule has 0 atom stereocenters. The first-order valence-corrected chi connectivity index (χ1v) is 11.0. The summed E-state index contributed by atoms with van der Waals surface area (Å²) in [5.41, 5.74) is 10.8. The summed E-state index contributed by atoms with van der Waals surface area (Å²) in [5, 5.41) is 0. The van der Waals surface area contributed by atoms with Gasteiger partial charge in [-0.2, -0.15) is 4.31 Å². The van der Waals surface area contributed by atoms with Crippen molar-refractivity contribution in [1.82, 2.24) is 14.2 Å². The number of amides is 1. The molecule has 2 saturated heterocycles. The topological polar surface area (TPSA) is 123 Å². The number of piperidine rings is 2. The van der Waals surface area contributed by atoms with Gasteiger partial charge in [-0.05, 0) is 60.8 Å². The summed E-state index contributed by atoms with van der Waals surface area (Å²) in [6.45, 7) is 2.12. The first-order valence-electron chi connectivity index (χ1n) is 8.73. The van der Waals surface area contributed by atoms with Crippen molar-refractivity contribution in [1.29, 1.82) is 0 Å². The summed E-state index contributed by atoms with van der Waals surface area (Å²) in [7, 11) is -3.78. The number of likely N-dealkylation sites (tertiary alicyclic amines) is 1. The minimum absolute atomic E-state index is 0.0172. The van der Waals surface area contributed by atoms with Gasteiger partial charge >= 0.3 is 0 Å². The van der Waals surface area contributed by atoms with Crippen LogP contribution in [0.2, 0.25) is 0 Å². The number of sulfonamides is 1. The van der Waals surface area contributed by atoms with Crippen LogP contribution >= 0.6 is 15.9 Å². The average Bonchev–Trinajstić information content (AvgIpc) is 2.64. The van der Waals surface area contributed by atoms with Gasteiger partial charge in [0.1, 0.15) is 16.3 Å². The first kappa shape index (κ1) is 19.5. The van der Waals surface area contributed by atoms with Gasteiger partial charge in [0.2, 0.25) is 15.9 Å². The predicted molar refractivity (Wildman–Crippen MR) is 102 cm³/mol. The van der Waals surface area contributed by atoms with Gasteiger partial charge in [-0.15, -0.1) is 0 Å². The summed E-state index contributed by atoms with van der Waals surface area (Å²) in [6.07, 6.45) is 5.47. The number of hydrogen-bond acceptors (Lipinski definition) is 6. The smallest absolute Gasteiger partial charge is 0.246 e. The third-order valence-electron chi connectivity index (χ3n) is 5.44. The average molecular weight is 446 g/mol. The molecule has 0 radical (unpaired) electrons. The molecular formula is C16H24BrN5O3S. The first-order chi connectivity index (χ1) is 12.3. The normalized spacial score (nSPS) is 22.2. The lowest BCUT2D eigenvalue weighted by atomic mass is 9.84. The van der Waals surface area contributed by atoms with Crippen molar-refractivity contribution >= 4 is 37.7 Å². The number of nitrogens with zero attached hydrogens (tertiary/aromatic N) is 3. The third kappa shape index (κ3) is 3.47. The Morgan fingerprint density at radius 1 is 1.15 bits per heavy atom. The lowest BCUT2D eigenvalue weighted by Gasteiger charge is -2.47. The van der Waals surface area contributed by atoms with E-state index < -0.39 is 15.6 Å². The Kier molecular flexibility index (Phi) is 5.57. The van der Waals surface area contributed by atoms with Gasteiger partial charge in [-0.25, -0.2) is 13.4 Å². The van der Waals surface area contributed by atoms with Crippen LogP contribution in [0.3, 0.4) is 0 Å². The van der Waals surface area contributed by atoms with E-state index in [1.54, 1.807) is 0 Å². The zero-order valence-corrected chi connectivity index (χ0v) is 16.9. The number of nitrogens with two attached hydrogens (primary N) is 2. The maximum atomic E-state index is 13.0. The van der Waals surface area contributed by atoms with Crippen LogP contribution in [0.15, 0.2) is 21.6 Å². The molecule has 4 N–H and O–H groups in total. The third-order valence-corrected chi connectivity index (χ3v) is 7.80. The highest BCUT2D eigenvalue weighted by Gasteiger charge is 2.47. The summed E-state index contributed by atoms with van der Waals surface area (Å²) >= 11 is 3.23. The molecule has 3 rings (SSSR count). The number of primary amides is 1. The molecule has 1 aromatic heterocycles. The van der Waals surface area contributed by atoms with Crippen molar-refractivity contribution in [3.8, 4) is 0 Å². The molecule has 8 nitrogen and oxygen atoms in total. The zero-order chi connectivity index (χ0) is 18.9. The van der Waals surface area contributed by atoms with Gasteiger partial charge in [0.25, 0.3) is 0 Å². The number of carbonyl (C=O) groups is 1. The summed E-state index contributed by atoms with van der Waals surface area (Å²) < 4.78 is 27.9. The summed E-state index contributed by atoms with van der Waals surface area (Å²) in [6, 6.07) is 1.46. The lowest BCUT2D eigenvalue weighted by molar-refractivity contribution is -0.134. The van der Waals surface area contributed by atoms with E-state index in [9.17, 15) is 13.2 Å². The minimum atomic E-state index is -3.78. The molecule has 1 amide bonds. The molecule has 3 heterocycles. The lowest BCUT2D eigenvalue weighted by Crippen LogP contribution is -2.63. The van der Waals surface area contributed by atoms with Crippen LogP contribution < -0.4 is 11.5 Å². The Balaban J connectivity index is 1.82. The van der Waals surface area contributed by atoms with E-state index in [2.05, 4.69) is 25.8 Å². The Morgan fingerprint density at radius 3 is 2.35 bits per heavy atom. The molecule has 2 fully saturated rings. The second kappa shape index (κ2) is 7.41. The summed E-state index contributed by atoms with van der Waals surface area (Å²) in [5.74, 6) is -0.393. The highest BCUT2D eigenvalue weighted by molar-refractivity contribution is 9.10. The molecule has 0 aliphatic carbocycles. The Bertz CT molecular complexity index is 787. The molecule has 0 unspecified atom stereocenters. The minimum Gasteiger partial charge on any atom is -0.383 e. The number of rotatable bonds is 4. The van der Waals surface area contributed by atoms with Crippen LogP contribution in [-0.4, -0.2) is 60.2 Å². The van der Waals surface area contributed by atoms with E-state index in [1.165, 1.54) is 16.6 Å². The van der Waals surface area contributed by atoms with E-state index >= 15 is 0 Å². The Hall–Kier alpha value is -1.23. The number of hydrogen-bond donors (Lipinski definition) is 2. The van der Waals surface area contributed by atoms with Crippen molar-refractivity contribution in [2.24, 2.45) is 5.73 Å². The number of halogens is 1. The predicted octanol–water partition coefficient (Wildman–Crippen LogP) is 0.921. The van der Waals surface area contributed by atoms with Crippen molar-refractivity contribution in [3.63, 3.8) is 0 Å². The van der Waals surface area contributed by atoms with Crippen molar-refractivity contribution < 1.29 is 13.2 Å². The SMILES string of the molecule is NC(=O)C1(N2CCCCC2)CCN(S(=O)(=O)c2cc(Br)cnc2N)CC1. The highest BCUT2D eigenvalue weighted by atomic mass is 79.9. The van der Waals surface area contributed by atoms with Crippen LogP contribution in [0.25, 0.3) is 0 Å². The number of pyridine rings is 1. The van der Waals surface area contributed by atoms with Gasteiger partial charge in [0, 0.05) is 23.8 Å². The maximum Gasteiger partial charge on any atom is 0.246 e. The molecule has 0 spiro atoms. The Morgan fingerprint density at radius 2 is 1.77 bits per heavy atom. The van der Waals surface area contributed by atoms with Gasteiger partial charge in [0.15, 0.2) is 0 Å². The van der Waals surface area contributed by atoms with Crippen LogP contribution in [-0.2, 0) is 14.8 Å². The zero-order valence-electron chi connectivity index (χ0n) is 14.5. The fourth-order valence-corrected chi connectivity index (χ4v) is 5.93. The molecule has 0 saturated carbocycles. The van der Waals surface area contributed by atoms with E-state index in [1.807, 2.05) is 0 Å². The number of carbonyl (C=O) groups excluding carboxylic acids is 1. The number of nitrogen functional groups attached to an aromatic ring is 1. The molecular weight excluding hydrogens is 422 g/mol. The van der Waals surface area contributed by atoms with E-state index in [4.69, 9.17) is 11.5 Å². The molecule has 26 heavy (non-hydrogen) atoms. The second-order valence-corrected chi connectivity index (χ2v) is 9.71. The van der Waals surface area contributed by atoms with Gasteiger partial charge in [0.05, 0.1) is 0 Å². The molecule has 144 valence electrons. The highest BCUT2D eigenvalue weighted by Crippen LogP contribution is 2.34. The largest absolute Gasteiger partial charge is 0.383 e. The Labute approximate surface area is 162 Å². The quantitative estimate of drug-likeness (QED) is 0.709. The second-order valence-electron chi connectivity index (χ2n) is 6.88. The molecule has 0 aromatic carbocycles. The van der Waals surface area contributed by atoms with Crippen LogP contribution in [0.5, 0.6) is 0 Å². The van der Waals surface area contributed by atoms with Gasteiger partial charge in [-0.3, -0.25) is 9.69 Å². The molecule has 1 aromatic rings. The van der Waals surface area contributed by atoms with Crippen molar-refractivity contribution in [2.45, 2.75) is 42.5 Å². The van der Waals surface area contributed by atoms with Crippen molar-refractivity contribution in [3.05, 3.63) is 16.7 Å². The summed E-state index contributed by atoms with van der Waals surface area (Å²) in [4.78, 5) is 18.3. The number of anilines is 1. The monoisotopic (exact) mass is 445 g/mol. The maximum absolute atomic E-state index is 13.0. The van der Waals surface area contributed by atoms with Gasteiger partial charge < -0.3 is 11.5 Å². The molecule has 2 aliphatic heterocycles. The van der Waals surface area contributed by atoms with Crippen LogP contribution in [0.1, 0.15) is 32.1 Å². The van der Waals surface area contributed by atoms with E-state index in [0.29, 0.717) is 17.3 Å². The molecule has 2 aliphatic rings.